The van der Waals surface area contributed by atoms with Gasteiger partial charge in [0.1, 0.15) is 17.7 Å². The molecule has 2 aliphatic heterocycles. The number of carbonyl (C=O) groups excluding carboxylic acids is 1. The van der Waals surface area contributed by atoms with Crippen molar-refractivity contribution in [3.05, 3.63) is 66.0 Å². The molecule has 0 radical (unpaired) electrons. The highest BCUT2D eigenvalue weighted by molar-refractivity contribution is 5.99. The molecule has 4 aromatic rings. The molecule has 0 bridgehead atoms. The molecule has 10 heteroatoms. The van der Waals surface area contributed by atoms with Crippen LogP contribution in [0.15, 0.2) is 54.6 Å². The number of hydrogen-bond donors (Lipinski definition) is 1. The summed E-state index contributed by atoms with van der Waals surface area (Å²) in [4.78, 5) is 26.3. The molecular formula is C27H28FN7O2. The van der Waals surface area contributed by atoms with E-state index >= 15 is 0 Å². The van der Waals surface area contributed by atoms with E-state index in [0.29, 0.717) is 73.4 Å². The molecule has 2 fully saturated rings. The van der Waals surface area contributed by atoms with Crippen molar-refractivity contribution in [2.75, 3.05) is 43.4 Å². The third kappa shape index (κ3) is 4.60. The zero-order valence-electron chi connectivity index (χ0n) is 20.4. The average molecular weight is 502 g/mol. The second kappa shape index (κ2) is 9.78. The lowest BCUT2D eigenvalue weighted by Gasteiger charge is -2.35. The Hall–Kier alpha value is -4.05. The number of anilines is 2. The monoisotopic (exact) mass is 501 g/mol. The van der Waals surface area contributed by atoms with Gasteiger partial charge in [0, 0.05) is 38.3 Å². The number of hydrogen-bond acceptors (Lipinski definition) is 7. The van der Waals surface area contributed by atoms with Crippen molar-refractivity contribution in [3.8, 4) is 11.3 Å². The number of ether oxygens (including phenoxy) is 1. The van der Waals surface area contributed by atoms with Crippen molar-refractivity contribution in [1.29, 1.82) is 0 Å². The zero-order chi connectivity index (χ0) is 25.4. The Kier molecular flexibility index (Phi) is 6.17. The molecule has 6 rings (SSSR count). The van der Waals surface area contributed by atoms with E-state index < -0.39 is 0 Å². The van der Waals surface area contributed by atoms with Crippen LogP contribution in [0.3, 0.4) is 0 Å². The Morgan fingerprint density at radius 2 is 1.86 bits per heavy atom. The Morgan fingerprint density at radius 1 is 1.05 bits per heavy atom. The van der Waals surface area contributed by atoms with Gasteiger partial charge in [-0.25, -0.2) is 14.1 Å². The molecule has 1 atom stereocenters. The van der Waals surface area contributed by atoms with Crippen LogP contribution in [-0.2, 0) is 16.1 Å². The maximum atomic E-state index is 14.2. The number of aromatic nitrogens is 4. The standard InChI is InChI=1S/C27H28FN7O2/c28-20-9-4-8-19(16-20)23-22-24(29)35(17-18-6-2-1-3-7-18)32-25(22)31-27(30-23)34-13-11-33(12-14-34)26(36)21-10-5-15-37-21/h1-4,6-9,16,21H,5,10-15,17,29H2. The van der Waals surface area contributed by atoms with Crippen LogP contribution in [0.5, 0.6) is 0 Å². The minimum absolute atomic E-state index is 0.0569. The summed E-state index contributed by atoms with van der Waals surface area (Å²) in [6.45, 7) is 3.39. The van der Waals surface area contributed by atoms with Gasteiger partial charge in [0.05, 0.1) is 17.6 Å². The highest BCUT2D eigenvalue weighted by Crippen LogP contribution is 2.33. The van der Waals surface area contributed by atoms with Crippen molar-refractivity contribution in [2.45, 2.75) is 25.5 Å². The minimum atomic E-state index is -0.359. The molecular weight excluding hydrogens is 473 g/mol. The van der Waals surface area contributed by atoms with Crippen molar-refractivity contribution in [1.82, 2.24) is 24.6 Å². The van der Waals surface area contributed by atoms with Crippen LogP contribution in [-0.4, -0.2) is 69.4 Å². The summed E-state index contributed by atoms with van der Waals surface area (Å²) in [5.41, 5.74) is 9.20. The van der Waals surface area contributed by atoms with E-state index in [1.165, 1.54) is 12.1 Å². The first-order chi connectivity index (χ1) is 18.1. The lowest BCUT2D eigenvalue weighted by molar-refractivity contribution is -0.141. The van der Waals surface area contributed by atoms with Crippen molar-refractivity contribution in [2.24, 2.45) is 0 Å². The van der Waals surface area contributed by atoms with E-state index in [9.17, 15) is 9.18 Å². The van der Waals surface area contributed by atoms with E-state index in [2.05, 4.69) is 0 Å². The van der Waals surface area contributed by atoms with Crippen LogP contribution >= 0.6 is 0 Å². The molecule has 190 valence electrons. The summed E-state index contributed by atoms with van der Waals surface area (Å²) in [6, 6.07) is 16.2. The molecule has 37 heavy (non-hydrogen) atoms. The van der Waals surface area contributed by atoms with Crippen LogP contribution in [0.4, 0.5) is 16.2 Å². The maximum Gasteiger partial charge on any atom is 0.251 e. The lowest BCUT2D eigenvalue weighted by Crippen LogP contribution is -2.51. The Bertz CT molecular complexity index is 1430. The first-order valence-electron chi connectivity index (χ1n) is 12.6. The van der Waals surface area contributed by atoms with Gasteiger partial charge in [-0.15, -0.1) is 5.10 Å². The van der Waals surface area contributed by atoms with Gasteiger partial charge in [0.15, 0.2) is 5.65 Å². The van der Waals surface area contributed by atoms with Gasteiger partial charge in [-0.3, -0.25) is 4.79 Å². The Labute approximate surface area is 213 Å². The van der Waals surface area contributed by atoms with Crippen LogP contribution in [0.2, 0.25) is 0 Å². The lowest BCUT2D eigenvalue weighted by atomic mass is 10.1. The molecule has 2 aromatic heterocycles. The summed E-state index contributed by atoms with van der Waals surface area (Å²) >= 11 is 0. The summed E-state index contributed by atoms with van der Waals surface area (Å²) in [6.07, 6.45) is 1.38. The number of carbonyl (C=O) groups is 1. The third-order valence-electron chi connectivity index (χ3n) is 6.98. The van der Waals surface area contributed by atoms with Gasteiger partial charge in [-0.2, -0.15) is 4.98 Å². The number of nitrogens with zero attached hydrogens (tertiary/aromatic N) is 6. The van der Waals surface area contributed by atoms with Gasteiger partial charge < -0.3 is 20.3 Å². The van der Waals surface area contributed by atoms with Gasteiger partial charge in [0.25, 0.3) is 5.91 Å². The van der Waals surface area contributed by atoms with Gasteiger partial charge in [-0.05, 0) is 30.5 Å². The zero-order valence-corrected chi connectivity index (χ0v) is 20.4. The fourth-order valence-electron chi connectivity index (χ4n) is 5.01. The Morgan fingerprint density at radius 3 is 2.59 bits per heavy atom. The fraction of sp³-hybridized carbons (Fsp3) is 0.333. The highest BCUT2D eigenvalue weighted by atomic mass is 19.1. The topological polar surface area (TPSA) is 102 Å². The quantitative estimate of drug-likeness (QED) is 0.448. The predicted molar refractivity (Wildman–Crippen MR) is 138 cm³/mol. The summed E-state index contributed by atoms with van der Waals surface area (Å²) in [5.74, 6) is 0.612. The predicted octanol–water partition coefficient (Wildman–Crippen LogP) is 3.09. The van der Waals surface area contributed by atoms with Gasteiger partial charge in [-0.1, -0.05) is 42.5 Å². The average Bonchev–Trinajstić information content (AvgIpc) is 3.57. The van der Waals surface area contributed by atoms with Crippen molar-refractivity contribution in [3.63, 3.8) is 0 Å². The molecule has 1 amide bonds. The van der Waals surface area contributed by atoms with Crippen molar-refractivity contribution >= 4 is 28.7 Å². The van der Waals surface area contributed by atoms with E-state index in [-0.39, 0.29) is 17.8 Å². The first-order valence-corrected chi connectivity index (χ1v) is 12.6. The third-order valence-corrected chi connectivity index (χ3v) is 6.98. The number of benzene rings is 2. The molecule has 0 spiro atoms. The maximum absolute atomic E-state index is 14.2. The minimum Gasteiger partial charge on any atom is -0.383 e. The number of halogens is 1. The summed E-state index contributed by atoms with van der Waals surface area (Å²) in [7, 11) is 0. The molecule has 2 N–H and O–H groups in total. The van der Waals surface area contributed by atoms with Crippen LogP contribution < -0.4 is 10.6 Å². The van der Waals surface area contributed by atoms with Gasteiger partial charge in [0.2, 0.25) is 5.95 Å². The number of nitrogen functional groups attached to an aromatic ring is 1. The molecule has 0 saturated carbocycles. The molecule has 2 aliphatic rings. The van der Waals surface area contributed by atoms with Crippen LogP contribution in [0, 0.1) is 5.82 Å². The molecule has 0 aliphatic carbocycles. The first kappa shape index (κ1) is 23.4. The summed E-state index contributed by atoms with van der Waals surface area (Å²) in [5, 5.41) is 5.30. The largest absolute Gasteiger partial charge is 0.383 e. The molecule has 2 aromatic carbocycles. The summed E-state index contributed by atoms with van der Waals surface area (Å²) < 4.78 is 21.5. The van der Waals surface area contributed by atoms with Gasteiger partial charge >= 0.3 is 0 Å². The van der Waals surface area contributed by atoms with Crippen LogP contribution in [0.25, 0.3) is 22.3 Å². The van der Waals surface area contributed by atoms with E-state index in [1.807, 2.05) is 40.1 Å². The number of fused-ring (bicyclic) bond motifs is 1. The molecule has 2 saturated heterocycles. The number of piperazine rings is 1. The smallest absolute Gasteiger partial charge is 0.251 e. The molecule has 4 heterocycles. The normalized spacial score (nSPS) is 18.0. The number of amides is 1. The SMILES string of the molecule is Nc1c2c(-c3cccc(F)c3)nc(N3CCN(C(=O)C4CCCO4)CC3)nc2nn1Cc1ccccc1. The van der Waals surface area contributed by atoms with Crippen molar-refractivity contribution < 1.29 is 13.9 Å². The molecule has 9 nitrogen and oxygen atoms in total. The Balaban J connectivity index is 1.34. The van der Waals surface area contributed by atoms with E-state index in [1.54, 1.807) is 16.8 Å². The van der Waals surface area contributed by atoms with E-state index in [0.717, 1.165) is 18.4 Å². The number of nitrogens with two attached hydrogens (primary N) is 1. The number of rotatable bonds is 5. The second-order valence-corrected chi connectivity index (χ2v) is 9.42. The fourth-order valence-corrected chi connectivity index (χ4v) is 5.01. The van der Waals surface area contributed by atoms with E-state index in [4.69, 9.17) is 25.5 Å². The highest BCUT2D eigenvalue weighted by Gasteiger charge is 2.31. The molecule has 1 unspecified atom stereocenters. The second-order valence-electron chi connectivity index (χ2n) is 9.42. The van der Waals surface area contributed by atoms with Crippen LogP contribution in [0.1, 0.15) is 18.4 Å².